The molecule has 0 saturated heterocycles. The van der Waals surface area contributed by atoms with E-state index < -0.39 is 45.3 Å². The molecule has 1 N–H and O–H groups in total. The Balaban J connectivity index is 1.52. The van der Waals surface area contributed by atoms with Crippen molar-refractivity contribution in [1.82, 2.24) is 0 Å². The standard InChI is InChI=1S/C26H16Cl4F3NO2/c1-12(31)17-8-14(3-6-19(17)27)23-24(26(23,29)30)25(36)34-16-5-7-20(28)18(11-16)22(35)9-13-2-4-15(32)10-21(13)33/h2-8,10-11,23-24H,1,9H2,(H,34,36). The first-order valence-electron chi connectivity index (χ1n) is 10.5. The van der Waals surface area contributed by atoms with Gasteiger partial charge in [0.1, 0.15) is 21.8 Å². The Hall–Kier alpha value is -2.51. The highest BCUT2D eigenvalue weighted by Crippen LogP contribution is 2.65. The van der Waals surface area contributed by atoms with Crippen molar-refractivity contribution in [2.24, 2.45) is 5.92 Å². The lowest BCUT2D eigenvalue weighted by Crippen LogP contribution is -2.17. The predicted octanol–water partition coefficient (Wildman–Crippen LogP) is 8.16. The summed E-state index contributed by atoms with van der Waals surface area (Å²) in [4.78, 5) is 25.8. The van der Waals surface area contributed by atoms with Crippen LogP contribution in [0.15, 0.2) is 61.2 Å². The lowest BCUT2D eigenvalue weighted by Gasteiger charge is -2.10. The van der Waals surface area contributed by atoms with Crippen LogP contribution in [0.1, 0.15) is 33.0 Å². The van der Waals surface area contributed by atoms with E-state index >= 15 is 0 Å². The second-order valence-corrected chi connectivity index (χ2v) is 10.6. The smallest absolute Gasteiger partial charge is 0.231 e. The summed E-state index contributed by atoms with van der Waals surface area (Å²) in [6.07, 6.45) is -0.362. The summed E-state index contributed by atoms with van der Waals surface area (Å²) >= 11 is 24.9. The van der Waals surface area contributed by atoms with Crippen LogP contribution in [0.5, 0.6) is 0 Å². The van der Waals surface area contributed by atoms with Crippen LogP contribution < -0.4 is 5.32 Å². The lowest BCUT2D eigenvalue weighted by atomic mass is 10.0. The van der Waals surface area contributed by atoms with Gasteiger partial charge >= 0.3 is 0 Å². The third kappa shape index (κ3) is 5.28. The summed E-state index contributed by atoms with van der Waals surface area (Å²) in [5.74, 6) is -4.95. The number of halogens is 7. The molecule has 0 aliphatic heterocycles. The minimum atomic E-state index is -1.46. The van der Waals surface area contributed by atoms with Gasteiger partial charge in [-0.2, -0.15) is 0 Å². The van der Waals surface area contributed by atoms with E-state index in [1.807, 2.05) is 0 Å². The van der Waals surface area contributed by atoms with Gasteiger partial charge in [-0.15, -0.1) is 23.2 Å². The van der Waals surface area contributed by atoms with Crippen LogP contribution in [-0.4, -0.2) is 16.0 Å². The van der Waals surface area contributed by atoms with E-state index in [-0.39, 0.29) is 38.8 Å². The zero-order chi connectivity index (χ0) is 26.4. The van der Waals surface area contributed by atoms with Gasteiger partial charge in [-0.1, -0.05) is 41.9 Å². The van der Waals surface area contributed by atoms with Crippen LogP contribution in [0.3, 0.4) is 0 Å². The van der Waals surface area contributed by atoms with Gasteiger partial charge in [0.05, 0.1) is 16.0 Å². The minimum Gasteiger partial charge on any atom is -0.326 e. The number of anilines is 1. The van der Waals surface area contributed by atoms with Crippen molar-refractivity contribution in [2.75, 3.05) is 5.32 Å². The number of ketones is 1. The van der Waals surface area contributed by atoms with E-state index in [1.165, 1.54) is 36.4 Å². The molecule has 0 aromatic heterocycles. The predicted molar refractivity (Wildman–Crippen MR) is 137 cm³/mol. The average Bonchev–Trinajstić information content (AvgIpc) is 3.39. The summed E-state index contributed by atoms with van der Waals surface area (Å²) in [5.41, 5.74) is 0.850. The second kappa shape index (κ2) is 10.1. The van der Waals surface area contributed by atoms with Gasteiger partial charge < -0.3 is 5.32 Å². The van der Waals surface area contributed by atoms with Gasteiger partial charge in [-0.05, 0) is 47.5 Å². The number of amides is 1. The average molecular weight is 573 g/mol. The third-order valence-corrected chi connectivity index (χ3v) is 7.48. The Bertz CT molecular complexity index is 1410. The molecule has 3 aromatic rings. The fourth-order valence-electron chi connectivity index (χ4n) is 3.98. The van der Waals surface area contributed by atoms with Crippen LogP contribution in [0.2, 0.25) is 10.0 Å². The van der Waals surface area contributed by atoms with Gasteiger partial charge in [-0.25, -0.2) is 13.2 Å². The van der Waals surface area contributed by atoms with Crippen LogP contribution in [0.25, 0.3) is 5.83 Å². The molecule has 0 heterocycles. The summed E-state index contributed by atoms with van der Waals surface area (Å²) in [7, 11) is 0. The van der Waals surface area contributed by atoms with Crippen LogP contribution >= 0.6 is 46.4 Å². The first-order valence-corrected chi connectivity index (χ1v) is 12.0. The minimum absolute atomic E-state index is 0.0000795. The number of carbonyl (C=O) groups excluding carboxylic acids is 2. The zero-order valence-corrected chi connectivity index (χ0v) is 21.3. The van der Waals surface area contributed by atoms with Crippen molar-refractivity contribution in [3.8, 4) is 0 Å². The summed E-state index contributed by atoms with van der Waals surface area (Å²) in [5, 5.41) is 2.90. The molecule has 3 nitrogen and oxygen atoms in total. The Morgan fingerprint density at radius 2 is 1.61 bits per heavy atom. The summed E-state index contributed by atoms with van der Waals surface area (Å²) < 4.78 is 39.4. The number of benzene rings is 3. The van der Waals surface area contributed by atoms with E-state index in [4.69, 9.17) is 46.4 Å². The molecule has 4 rings (SSSR count). The van der Waals surface area contributed by atoms with E-state index in [9.17, 15) is 22.8 Å². The molecule has 0 bridgehead atoms. The van der Waals surface area contributed by atoms with Gasteiger partial charge in [0.25, 0.3) is 0 Å². The fourth-order valence-corrected chi connectivity index (χ4v) is 5.25. The normalized spacial score (nSPS) is 18.0. The van der Waals surface area contributed by atoms with Crippen molar-refractivity contribution < 1.29 is 22.8 Å². The Morgan fingerprint density at radius 3 is 2.28 bits per heavy atom. The lowest BCUT2D eigenvalue weighted by molar-refractivity contribution is -0.117. The fraction of sp³-hybridized carbons (Fsp3) is 0.154. The number of Topliss-reactive ketones (excluding diaryl/α,β-unsaturated/α-hetero) is 1. The molecule has 1 saturated carbocycles. The zero-order valence-electron chi connectivity index (χ0n) is 18.2. The molecule has 1 fully saturated rings. The van der Waals surface area contributed by atoms with E-state index in [2.05, 4.69) is 11.9 Å². The maximum Gasteiger partial charge on any atom is 0.231 e. The molecule has 3 aromatic carbocycles. The third-order valence-electron chi connectivity index (χ3n) is 5.88. The van der Waals surface area contributed by atoms with E-state index in [0.29, 0.717) is 11.6 Å². The van der Waals surface area contributed by atoms with Gasteiger partial charge in [0.2, 0.25) is 5.91 Å². The van der Waals surface area contributed by atoms with E-state index in [0.717, 1.165) is 6.07 Å². The SMILES string of the molecule is C=C(F)c1cc(C2C(C(=O)Nc3ccc(Cl)c(C(=O)Cc4ccc(F)cc4F)c3)C2(Cl)Cl)ccc1Cl. The van der Waals surface area contributed by atoms with E-state index in [1.54, 1.807) is 6.07 Å². The molecule has 10 heteroatoms. The summed E-state index contributed by atoms with van der Waals surface area (Å²) in [6.45, 7) is 3.25. The first kappa shape index (κ1) is 26.6. The molecule has 1 aliphatic carbocycles. The van der Waals surface area contributed by atoms with Crippen molar-refractivity contribution in [2.45, 2.75) is 16.7 Å². The monoisotopic (exact) mass is 571 g/mol. The van der Waals surface area contributed by atoms with Crippen molar-refractivity contribution in [3.05, 3.63) is 105 Å². The Morgan fingerprint density at radius 1 is 0.944 bits per heavy atom. The van der Waals surface area contributed by atoms with Crippen LogP contribution in [0.4, 0.5) is 18.9 Å². The highest BCUT2D eigenvalue weighted by molar-refractivity contribution is 6.53. The number of rotatable bonds is 7. The number of hydrogen-bond acceptors (Lipinski definition) is 2. The summed E-state index contributed by atoms with van der Waals surface area (Å²) in [6, 6.07) is 11.6. The largest absolute Gasteiger partial charge is 0.326 e. The van der Waals surface area contributed by atoms with Crippen molar-refractivity contribution in [3.63, 3.8) is 0 Å². The highest BCUT2D eigenvalue weighted by atomic mass is 35.5. The molecule has 36 heavy (non-hydrogen) atoms. The molecular weight excluding hydrogens is 557 g/mol. The Labute approximate surface area is 224 Å². The first-order chi connectivity index (χ1) is 16.9. The molecule has 1 aliphatic rings. The topological polar surface area (TPSA) is 46.2 Å². The number of carbonyl (C=O) groups is 2. The van der Waals surface area contributed by atoms with Gasteiger partial charge in [0, 0.05) is 35.2 Å². The second-order valence-electron chi connectivity index (χ2n) is 8.29. The number of alkyl halides is 2. The van der Waals surface area contributed by atoms with Crippen LogP contribution in [0, 0.1) is 17.6 Å². The maximum absolute atomic E-state index is 14.0. The molecule has 2 atom stereocenters. The number of nitrogens with one attached hydrogen (secondary N) is 1. The quantitative estimate of drug-likeness (QED) is 0.229. The van der Waals surface area contributed by atoms with Crippen molar-refractivity contribution in [1.29, 1.82) is 0 Å². The molecule has 0 spiro atoms. The molecule has 0 radical (unpaired) electrons. The Kier molecular flexibility index (Phi) is 7.45. The molecule has 1 amide bonds. The molecule has 186 valence electrons. The van der Waals surface area contributed by atoms with Gasteiger partial charge in [-0.3, -0.25) is 9.59 Å². The van der Waals surface area contributed by atoms with Crippen molar-refractivity contribution >= 4 is 69.6 Å². The maximum atomic E-state index is 14.0. The van der Waals surface area contributed by atoms with Gasteiger partial charge in [0.15, 0.2) is 5.78 Å². The molecule has 2 unspecified atom stereocenters. The molecular formula is C26H16Cl4F3NO2. The van der Waals surface area contributed by atoms with Crippen LogP contribution in [-0.2, 0) is 11.2 Å². The number of hydrogen-bond donors (Lipinski definition) is 1. The highest BCUT2D eigenvalue weighted by Gasteiger charge is 2.67.